The first kappa shape index (κ1) is 41.9. The molecule has 2 atom stereocenters. The molecule has 4 aromatic rings. The molecule has 4 rings (SSSR count). The van der Waals surface area contributed by atoms with Gasteiger partial charge in [-0.3, -0.25) is 13.7 Å². The molecule has 0 spiro atoms. The molecule has 0 aliphatic rings. The van der Waals surface area contributed by atoms with Crippen LogP contribution in [0, 0.1) is 0 Å². The monoisotopic (exact) mass is 760 g/mol. The van der Waals surface area contributed by atoms with Crippen LogP contribution in [-0.4, -0.2) is 28.4 Å². The van der Waals surface area contributed by atoms with Crippen LogP contribution in [0.2, 0.25) is 5.02 Å². The van der Waals surface area contributed by atoms with Crippen LogP contribution in [0.25, 0.3) is 0 Å². The van der Waals surface area contributed by atoms with Crippen LogP contribution < -0.4 is 14.4 Å². The first-order chi connectivity index (χ1) is 25.9. The van der Waals surface area contributed by atoms with E-state index < -0.39 is 23.3 Å². The summed E-state index contributed by atoms with van der Waals surface area (Å²) in [6.07, 6.45) is 17.8. The number of ether oxygens (including phenoxy) is 1. The number of benzene rings is 4. The van der Waals surface area contributed by atoms with Gasteiger partial charge in [-0.25, -0.2) is 4.21 Å². The third-order valence-corrected chi connectivity index (χ3v) is 10.4. The molecular formula is C44H57ClN2O5S. The van der Waals surface area contributed by atoms with Crippen molar-refractivity contribution in [1.82, 2.24) is 0 Å². The summed E-state index contributed by atoms with van der Waals surface area (Å²) in [6.45, 7) is 5.16. The maximum atomic E-state index is 13.5. The molecule has 2 unspecified atom stereocenters. The highest BCUT2D eigenvalue weighted by Crippen LogP contribution is 2.34. The lowest BCUT2D eigenvalue weighted by atomic mass is 10.0. The zero-order valence-electron chi connectivity index (χ0n) is 31.4. The van der Waals surface area contributed by atoms with Crippen LogP contribution in [0.1, 0.15) is 131 Å². The van der Waals surface area contributed by atoms with E-state index in [0.29, 0.717) is 18.8 Å². The number of hydrogen-bond donors (Lipinski definition) is 2. The second-order valence-electron chi connectivity index (χ2n) is 13.5. The van der Waals surface area contributed by atoms with Gasteiger partial charge in [-0.05, 0) is 60.9 Å². The molecule has 0 aliphatic carbocycles. The number of phenols is 1. The molecule has 0 aromatic heterocycles. The molecular weight excluding hydrogens is 704 g/mol. The number of unbranched alkanes of at least 4 members (excludes halogenated alkanes) is 13. The third kappa shape index (κ3) is 14.1. The molecule has 0 aliphatic heterocycles. The number of halogens is 1. The largest absolute Gasteiger partial charge is 0.506 e. The van der Waals surface area contributed by atoms with E-state index in [1.54, 1.807) is 0 Å². The van der Waals surface area contributed by atoms with Gasteiger partial charge in [0, 0.05) is 12.2 Å². The van der Waals surface area contributed by atoms with Gasteiger partial charge in [-0.1, -0.05) is 163 Å². The molecule has 286 valence electrons. The number of aromatic hydroxyl groups is 1. The number of anilines is 2. The van der Waals surface area contributed by atoms with E-state index in [0.717, 1.165) is 23.3 Å². The van der Waals surface area contributed by atoms with Crippen LogP contribution in [0.5, 0.6) is 11.5 Å². The Morgan fingerprint density at radius 3 is 1.83 bits per heavy atom. The van der Waals surface area contributed by atoms with E-state index in [9.17, 15) is 14.1 Å². The van der Waals surface area contributed by atoms with Crippen LogP contribution in [0.15, 0.2) is 97.1 Å². The van der Waals surface area contributed by atoms with Crippen molar-refractivity contribution in [2.45, 2.75) is 110 Å². The fourth-order valence-corrected chi connectivity index (χ4v) is 7.36. The first-order valence-corrected chi connectivity index (χ1v) is 20.9. The van der Waals surface area contributed by atoms with E-state index in [2.05, 4.69) is 11.6 Å². The molecule has 0 fully saturated rings. The van der Waals surface area contributed by atoms with Crippen molar-refractivity contribution in [1.29, 1.82) is 0 Å². The third-order valence-electron chi connectivity index (χ3n) is 9.36. The van der Waals surface area contributed by atoms with E-state index in [1.807, 2.05) is 91.9 Å². The highest BCUT2D eigenvalue weighted by Gasteiger charge is 2.24. The van der Waals surface area contributed by atoms with Crippen molar-refractivity contribution in [2.24, 2.45) is 0 Å². The molecule has 53 heavy (non-hydrogen) atoms. The number of nitrogens with zero attached hydrogens (tertiary/aromatic N) is 1. The predicted octanol–water partition coefficient (Wildman–Crippen LogP) is 12.4. The second kappa shape index (κ2) is 23.7. The zero-order valence-corrected chi connectivity index (χ0v) is 33.0. The lowest BCUT2D eigenvalue weighted by molar-refractivity contribution is 0.0985. The predicted molar refractivity (Wildman–Crippen MR) is 220 cm³/mol. The first-order valence-electron chi connectivity index (χ1n) is 19.4. The summed E-state index contributed by atoms with van der Waals surface area (Å²) < 4.78 is 28.4. The number of carbonyl (C=O) groups excluding carboxylic acids is 1. The summed E-state index contributed by atoms with van der Waals surface area (Å²) in [7, 11) is 0. The molecule has 7 nitrogen and oxygen atoms in total. The van der Waals surface area contributed by atoms with E-state index in [4.69, 9.17) is 20.5 Å². The van der Waals surface area contributed by atoms with Crippen LogP contribution >= 0.6 is 11.6 Å². The average Bonchev–Trinajstić information content (AvgIpc) is 3.18. The Kier molecular flexibility index (Phi) is 18.8. The van der Waals surface area contributed by atoms with Crippen LogP contribution in [0.3, 0.4) is 0 Å². The number of phenolic OH excluding ortho intramolecular Hbond substituents is 1. The summed E-state index contributed by atoms with van der Waals surface area (Å²) in [6, 6.07) is 29.2. The molecule has 2 N–H and O–H groups in total. The van der Waals surface area contributed by atoms with Gasteiger partial charge < -0.3 is 14.7 Å². The average molecular weight is 761 g/mol. The van der Waals surface area contributed by atoms with Crippen LogP contribution in [0.4, 0.5) is 11.4 Å². The Morgan fingerprint density at radius 1 is 0.736 bits per heavy atom. The van der Waals surface area contributed by atoms with Gasteiger partial charge in [0.05, 0.1) is 22.9 Å². The topological polar surface area (TPSA) is 88.1 Å². The highest BCUT2D eigenvalue weighted by atomic mass is 35.5. The molecule has 0 saturated carbocycles. The zero-order chi connectivity index (χ0) is 37.7. The maximum absolute atomic E-state index is 13.5. The second-order valence-corrected chi connectivity index (χ2v) is 14.7. The quantitative estimate of drug-likeness (QED) is 0.0519. The highest BCUT2D eigenvalue weighted by molar-refractivity contribution is 7.81. The van der Waals surface area contributed by atoms with Gasteiger partial charge in [-0.15, -0.1) is 0 Å². The molecule has 1 amide bonds. The van der Waals surface area contributed by atoms with Gasteiger partial charge in [0.1, 0.15) is 17.6 Å². The smallest absolute Gasteiger partial charge is 0.262 e. The Balaban J connectivity index is 1.27. The van der Waals surface area contributed by atoms with Crippen molar-refractivity contribution < 1.29 is 23.0 Å². The summed E-state index contributed by atoms with van der Waals surface area (Å²) in [4.78, 5) is 15.1. The minimum Gasteiger partial charge on any atom is -0.506 e. The van der Waals surface area contributed by atoms with Crippen molar-refractivity contribution >= 4 is 40.1 Å². The van der Waals surface area contributed by atoms with Gasteiger partial charge in [-0.2, -0.15) is 0 Å². The molecule has 0 saturated heterocycles. The van der Waals surface area contributed by atoms with E-state index >= 15 is 0 Å². The normalized spacial score (nSPS) is 12.3. The number of rotatable bonds is 25. The molecule has 9 heteroatoms. The van der Waals surface area contributed by atoms with Gasteiger partial charge in [0.15, 0.2) is 0 Å². The van der Waals surface area contributed by atoms with Crippen LogP contribution in [-0.2, 0) is 15.4 Å². The number of nitrogens with one attached hydrogen (secondary N) is 1. The maximum Gasteiger partial charge on any atom is 0.262 e. The Bertz CT molecular complexity index is 1660. The number of para-hydroxylation sites is 1. The van der Waals surface area contributed by atoms with E-state index in [-0.39, 0.29) is 22.0 Å². The lowest BCUT2D eigenvalue weighted by Gasteiger charge is -2.22. The molecule has 4 aromatic carbocycles. The van der Waals surface area contributed by atoms with E-state index in [1.165, 1.54) is 101 Å². The van der Waals surface area contributed by atoms with Gasteiger partial charge >= 0.3 is 0 Å². The minimum absolute atomic E-state index is 0.0213. The Morgan fingerprint density at radius 2 is 1.26 bits per heavy atom. The molecule has 0 heterocycles. The molecule has 0 radical (unpaired) electrons. The fraction of sp³-hybridized carbons (Fsp3) is 0.432. The number of carbonyl (C=O) groups is 1. The Labute approximate surface area is 324 Å². The number of hydrogen-bond acceptors (Lipinski definition) is 5. The fourth-order valence-electron chi connectivity index (χ4n) is 6.38. The standard InChI is InChI=1S/C44H57ClN2O5S/c1-3-5-6-7-8-9-10-11-12-13-14-15-16-23-32-51-39-30-28-36(29-31-39)43(35-24-19-17-20-25-35)52-53(50)46-37-33-40(42(48)41(45)34-37)44(49)47(4-2)38-26-21-18-22-27-38/h17-22,24-31,33-34,43,46,48H,3-16,23,32H2,1-2H3. The van der Waals surface area contributed by atoms with Gasteiger partial charge in [0.25, 0.3) is 17.2 Å². The number of amides is 1. The van der Waals surface area contributed by atoms with Crippen molar-refractivity contribution in [3.8, 4) is 11.5 Å². The minimum atomic E-state index is -2.05. The van der Waals surface area contributed by atoms with Gasteiger partial charge in [0.2, 0.25) is 0 Å². The lowest BCUT2D eigenvalue weighted by Crippen LogP contribution is -2.30. The SMILES string of the molecule is CCCCCCCCCCCCCCCCOc1ccc(C(OS(=O)Nc2cc(Cl)c(O)c(C(=O)N(CC)c3ccccc3)c2)c2ccccc2)cc1. The Hall–Kier alpha value is -3.85. The van der Waals surface area contributed by atoms with Crippen molar-refractivity contribution in [3.05, 3.63) is 119 Å². The summed E-state index contributed by atoms with van der Waals surface area (Å²) in [5.74, 6) is -0.0126. The van der Waals surface area contributed by atoms with Crippen molar-refractivity contribution in [2.75, 3.05) is 22.8 Å². The summed E-state index contributed by atoms with van der Waals surface area (Å²) >= 11 is 4.29. The summed E-state index contributed by atoms with van der Waals surface area (Å²) in [5.41, 5.74) is 2.54. The summed E-state index contributed by atoms with van der Waals surface area (Å²) in [5, 5.41) is 10.7. The van der Waals surface area contributed by atoms with Crippen molar-refractivity contribution in [3.63, 3.8) is 0 Å². The molecule has 0 bridgehead atoms.